The zero-order valence-electron chi connectivity index (χ0n) is 10.1. The van der Waals surface area contributed by atoms with Crippen molar-refractivity contribution in [1.29, 1.82) is 0 Å². The van der Waals surface area contributed by atoms with Crippen molar-refractivity contribution in [3.63, 3.8) is 0 Å². The Morgan fingerprint density at radius 1 is 1.26 bits per heavy atom. The van der Waals surface area contributed by atoms with Gasteiger partial charge in [0.05, 0.1) is 17.6 Å². The van der Waals surface area contributed by atoms with Crippen LogP contribution in [-0.2, 0) is 0 Å². The third-order valence-electron chi connectivity index (χ3n) is 2.66. The molecule has 0 saturated carbocycles. The first-order valence-corrected chi connectivity index (χ1v) is 5.43. The number of nitrogens with zero attached hydrogens (tertiary/aromatic N) is 2. The van der Waals surface area contributed by atoms with Gasteiger partial charge in [0.25, 0.3) is 5.91 Å². The Balaban J connectivity index is 2.34. The number of rotatable bonds is 2. The Bertz CT molecular complexity index is 631. The average Bonchev–Trinajstić information content (AvgIpc) is 2.41. The van der Waals surface area contributed by atoms with E-state index in [4.69, 9.17) is 5.73 Å². The summed E-state index contributed by atoms with van der Waals surface area (Å²) in [5.41, 5.74) is 6.51. The summed E-state index contributed by atoms with van der Waals surface area (Å²) in [6.45, 7) is 0. The van der Waals surface area contributed by atoms with Crippen LogP contribution in [0.2, 0.25) is 0 Å². The Morgan fingerprint density at radius 3 is 2.63 bits per heavy atom. The van der Waals surface area contributed by atoms with Crippen molar-refractivity contribution in [2.24, 2.45) is 0 Å². The number of carbonyl (C=O) groups excluding carboxylic acids is 1. The van der Waals surface area contributed by atoms with Crippen LogP contribution in [0.4, 0.5) is 20.2 Å². The quantitative estimate of drug-likeness (QED) is 0.903. The maximum atomic E-state index is 13.1. The summed E-state index contributed by atoms with van der Waals surface area (Å²) in [4.78, 5) is 17.2. The maximum Gasteiger partial charge on any atom is 0.258 e. The van der Waals surface area contributed by atoms with Gasteiger partial charge in [-0.05, 0) is 24.3 Å². The lowest BCUT2D eigenvalue weighted by Gasteiger charge is -2.18. The number of carbonyl (C=O) groups is 1. The van der Waals surface area contributed by atoms with Gasteiger partial charge in [-0.1, -0.05) is 0 Å². The summed E-state index contributed by atoms with van der Waals surface area (Å²) in [6, 6.07) is 4.54. The number of halogens is 2. The number of pyridine rings is 1. The molecule has 19 heavy (non-hydrogen) atoms. The number of aromatic nitrogens is 1. The molecule has 0 aliphatic carbocycles. The number of hydrogen-bond acceptors (Lipinski definition) is 3. The second kappa shape index (κ2) is 5.01. The fraction of sp³-hybridized carbons (Fsp3) is 0.0769. The molecular formula is C13H11F2N3O. The Kier molecular flexibility index (Phi) is 3.41. The van der Waals surface area contributed by atoms with Crippen molar-refractivity contribution in [2.75, 3.05) is 17.7 Å². The first-order chi connectivity index (χ1) is 9.00. The van der Waals surface area contributed by atoms with E-state index >= 15 is 0 Å². The zero-order valence-corrected chi connectivity index (χ0v) is 10.1. The summed E-state index contributed by atoms with van der Waals surface area (Å²) in [5.74, 6) is -2.55. The van der Waals surface area contributed by atoms with Gasteiger partial charge in [-0.3, -0.25) is 9.78 Å². The van der Waals surface area contributed by atoms with Gasteiger partial charge >= 0.3 is 0 Å². The van der Waals surface area contributed by atoms with E-state index in [0.29, 0.717) is 11.4 Å². The van der Waals surface area contributed by atoms with Crippen molar-refractivity contribution in [3.8, 4) is 0 Å². The van der Waals surface area contributed by atoms with Crippen molar-refractivity contribution in [2.45, 2.75) is 0 Å². The minimum atomic E-state index is -1.07. The lowest BCUT2D eigenvalue weighted by molar-refractivity contribution is 0.0992. The first-order valence-electron chi connectivity index (χ1n) is 5.43. The van der Waals surface area contributed by atoms with Crippen LogP contribution in [0.5, 0.6) is 0 Å². The molecule has 0 aliphatic heterocycles. The van der Waals surface area contributed by atoms with Gasteiger partial charge in [-0.2, -0.15) is 0 Å². The highest BCUT2D eigenvalue weighted by Crippen LogP contribution is 2.22. The molecule has 0 atom stereocenters. The molecule has 6 heteroatoms. The van der Waals surface area contributed by atoms with E-state index in [9.17, 15) is 13.6 Å². The van der Waals surface area contributed by atoms with E-state index in [-0.39, 0.29) is 5.56 Å². The van der Waals surface area contributed by atoms with Gasteiger partial charge < -0.3 is 10.6 Å². The van der Waals surface area contributed by atoms with Crippen molar-refractivity contribution in [3.05, 3.63) is 53.9 Å². The predicted molar refractivity (Wildman–Crippen MR) is 67.7 cm³/mol. The molecule has 0 spiro atoms. The lowest BCUT2D eigenvalue weighted by Crippen LogP contribution is -2.27. The fourth-order valence-electron chi connectivity index (χ4n) is 1.64. The maximum absolute atomic E-state index is 13.1. The summed E-state index contributed by atoms with van der Waals surface area (Å²) in [7, 11) is 1.50. The van der Waals surface area contributed by atoms with Gasteiger partial charge in [-0.25, -0.2) is 8.78 Å². The molecule has 0 fully saturated rings. The predicted octanol–water partition coefficient (Wildman–Crippen LogP) is 2.22. The third kappa shape index (κ3) is 2.52. The second-order valence-corrected chi connectivity index (χ2v) is 3.93. The molecule has 0 unspecified atom stereocenters. The molecular weight excluding hydrogens is 252 g/mol. The average molecular weight is 263 g/mol. The molecule has 1 heterocycles. The molecule has 1 amide bonds. The standard InChI is InChI=1S/C13H11F2N3O/c1-18(12-4-5-17-7-11(12)16)13(19)8-2-3-9(14)10(15)6-8/h2-7H,16H2,1H3. The van der Waals surface area contributed by atoms with E-state index in [1.54, 1.807) is 6.07 Å². The van der Waals surface area contributed by atoms with E-state index < -0.39 is 17.5 Å². The smallest absolute Gasteiger partial charge is 0.258 e. The normalized spacial score (nSPS) is 10.3. The van der Waals surface area contributed by atoms with E-state index in [1.165, 1.54) is 30.4 Å². The third-order valence-corrected chi connectivity index (χ3v) is 2.66. The van der Waals surface area contributed by atoms with Crippen LogP contribution in [0.1, 0.15) is 10.4 Å². The second-order valence-electron chi connectivity index (χ2n) is 3.93. The van der Waals surface area contributed by atoms with Crippen LogP contribution >= 0.6 is 0 Å². The highest BCUT2D eigenvalue weighted by molar-refractivity contribution is 6.07. The van der Waals surface area contributed by atoms with E-state index in [1.807, 2.05) is 0 Å². The topological polar surface area (TPSA) is 59.2 Å². The van der Waals surface area contributed by atoms with Crippen molar-refractivity contribution >= 4 is 17.3 Å². The lowest BCUT2D eigenvalue weighted by atomic mass is 10.2. The molecule has 0 saturated heterocycles. The van der Waals surface area contributed by atoms with Crippen LogP contribution < -0.4 is 10.6 Å². The van der Waals surface area contributed by atoms with Crippen LogP contribution in [0.15, 0.2) is 36.7 Å². The Hall–Kier alpha value is -2.50. The summed E-state index contributed by atoms with van der Waals surface area (Å²) in [6.07, 6.45) is 2.89. The molecule has 1 aromatic carbocycles. The molecule has 4 nitrogen and oxygen atoms in total. The van der Waals surface area contributed by atoms with Crippen molar-refractivity contribution in [1.82, 2.24) is 4.98 Å². The van der Waals surface area contributed by atoms with E-state index in [2.05, 4.69) is 4.98 Å². The fourth-order valence-corrected chi connectivity index (χ4v) is 1.64. The highest BCUT2D eigenvalue weighted by atomic mass is 19.2. The molecule has 0 aliphatic rings. The van der Waals surface area contributed by atoms with Gasteiger partial charge in [0, 0.05) is 18.8 Å². The molecule has 2 aromatic rings. The van der Waals surface area contributed by atoms with Gasteiger partial charge in [0.1, 0.15) is 0 Å². The molecule has 0 bridgehead atoms. The van der Waals surface area contributed by atoms with E-state index in [0.717, 1.165) is 12.1 Å². The number of nitrogen functional groups attached to an aromatic ring is 1. The molecule has 2 rings (SSSR count). The van der Waals surface area contributed by atoms with Gasteiger partial charge in [0.15, 0.2) is 11.6 Å². The van der Waals surface area contributed by atoms with Crippen molar-refractivity contribution < 1.29 is 13.6 Å². The molecule has 1 aromatic heterocycles. The Morgan fingerprint density at radius 2 is 2.00 bits per heavy atom. The van der Waals surface area contributed by atoms with Crippen LogP contribution in [-0.4, -0.2) is 17.9 Å². The zero-order chi connectivity index (χ0) is 14.0. The van der Waals surface area contributed by atoms with Crippen LogP contribution in [0.25, 0.3) is 0 Å². The van der Waals surface area contributed by atoms with Gasteiger partial charge in [0.2, 0.25) is 0 Å². The van der Waals surface area contributed by atoms with Gasteiger partial charge in [-0.15, -0.1) is 0 Å². The minimum Gasteiger partial charge on any atom is -0.396 e. The van der Waals surface area contributed by atoms with Crippen LogP contribution in [0.3, 0.4) is 0 Å². The number of nitrogens with two attached hydrogens (primary N) is 1. The number of benzene rings is 1. The Labute approximate surface area is 108 Å². The molecule has 98 valence electrons. The molecule has 0 radical (unpaired) electrons. The number of amides is 1. The first kappa shape index (κ1) is 12.9. The number of hydrogen-bond donors (Lipinski definition) is 1. The SMILES string of the molecule is CN(C(=O)c1ccc(F)c(F)c1)c1ccncc1N. The summed E-state index contributed by atoms with van der Waals surface area (Å²) >= 11 is 0. The largest absolute Gasteiger partial charge is 0.396 e. The minimum absolute atomic E-state index is 0.0395. The number of anilines is 2. The molecule has 2 N–H and O–H groups in total. The summed E-state index contributed by atoms with van der Waals surface area (Å²) < 4.78 is 25.9. The highest BCUT2D eigenvalue weighted by Gasteiger charge is 2.17. The van der Waals surface area contributed by atoms with Crippen LogP contribution in [0, 0.1) is 11.6 Å². The summed E-state index contributed by atoms with van der Waals surface area (Å²) in [5, 5.41) is 0. The monoisotopic (exact) mass is 263 g/mol.